The fourth-order valence-electron chi connectivity index (χ4n) is 1.92. The Balaban J connectivity index is 1.57. The van der Waals surface area contributed by atoms with Crippen molar-refractivity contribution in [2.75, 3.05) is 11.1 Å². The van der Waals surface area contributed by atoms with Crippen LogP contribution in [0.25, 0.3) is 11.3 Å². The van der Waals surface area contributed by atoms with E-state index in [4.69, 9.17) is 0 Å². The molecule has 0 saturated carbocycles. The van der Waals surface area contributed by atoms with Gasteiger partial charge in [0.25, 0.3) is 0 Å². The summed E-state index contributed by atoms with van der Waals surface area (Å²) < 4.78 is 4.38. The van der Waals surface area contributed by atoms with E-state index in [1.54, 1.807) is 0 Å². The lowest BCUT2D eigenvalue weighted by atomic mass is 10.2. The van der Waals surface area contributed by atoms with Crippen molar-refractivity contribution in [3.63, 3.8) is 0 Å². The van der Waals surface area contributed by atoms with Gasteiger partial charge in [0.05, 0.1) is 11.4 Å². The van der Waals surface area contributed by atoms with Crippen molar-refractivity contribution in [2.45, 2.75) is 4.90 Å². The Kier molecular flexibility index (Phi) is 4.88. The van der Waals surface area contributed by atoms with E-state index in [1.165, 1.54) is 23.3 Å². The SMILES string of the molecule is O=C(CSc1ccccc1)Nc1cc(-c2ccccc2)ns1. The second-order valence-electron chi connectivity index (χ2n) is 4.59. The summed E-state index contributed by atoms with van der Waals surface area (Å²) in [5, 5.41) is 3.67. The Bertz CT molecular complexity index is 742. The van der Waals surface area contributed by atoms with Crippen LogP contribution in [-0.4, -0.2) is 16.0 Å². The summed E-state index contributed by atoms with van der Waals surface area (Å²) >= 11 is 2.83. The Morgan fingerprint density at radius 1 is 1.05 bits per heavy atom. The smallest absolute Gasteiger partial charge is 0.235 e. The maximum absolute atomic E-state index is 12.0. The van der Waals surface area contributed by atoms with E-state index in [1.807, 2.05) is 66.7 Å². The molecule has 0 unspecified atom stereocenters. The summed E-state index contributed by atoms with van der Waals surface area (Å²) in [6, 6.07) is 21.7. The van der Waals surface area contributed by atoms with Crippen LogP contribution in [0.5, 0.6) is 0 Å². The quantitative estimate of drug-likeness (QED) is 0.700. The number of carbonyl (C=O) groups is 1. The Morgan fingerprint density at radius 3 is 2.45 bits per heavy atom. The lowest BCUT2D eigenvalue weighted by Gasteiger charge is -2.02. The molecule has 1 heterocycles. The molecule has 2 aromatic carbocycles. The average Bonchev–Trinajstić information content (AvgIpc) is 3.03. The number of nitrogens with one attached hydrogen (secondary N) is 1. The number of aromatic nitrogens is 1. The molecule has 110 valence electrons. The fourth-order valence-corrected chi connectivity index (χ4v) is 3.32. The van der Waals surface area contributed by atoms with E-state index in [-0.39, 0.29) is 5.91 Å². The van der Waals surface area contributed by atoms with Gasteiger partial charge in [0.15, 0.2) is 0 Å². The van der Waals surface area contributed by atoms with Gasteiger partial charge < -0.3 is 5.32 Å². The first kappa shape index (κ1) is 14.8. The van der Waals surface area contributed by atoms with Crippen LogP contribution in [0, 0.1) is 0 Å². The molecule has 0 saturated heterocycles. The van der Waals surface area contributed by atoms with Crippen molar-refractivity contribution in [1.29, 1.82) is 0 Å². The van der Waals surface area contributed by atoms with E-state index in [0.717, 1.165) is 21.2 Å². The Hall–Kier alpha value is -2.11. The van der Waals surface area contributed by atoms with E-state index >= 15 is 0 Å². The molecule has 22 heavy (non-hydrogen) atoms. The van der Waals surface area contributed by atoms with Gasteiger partial charge in [-0.15, -0.1) is 11.8 Å². The second kappa shape index (κ2) is 7.24. The van der Waals surface area contributed by atoms with Crippen LogP contribution < -0.4 is 5.32 Å². The highest BCUT2D eigenvalue weighted by atomic mass is 32.2. The Morgan fingerprint density at radius 2 is 1.73 bits per heavy atom. The molecule has 1 amide bonds. The molecular weight excluding hydrogens is 312 g/mol. The highest BCUT2D eigenvalue weighted by molar-refractivity contribution is 8.00. The largest absolute Gasteiger partial charge is 0.316 e. The van der Waals surface area contributed by atoms with Gasteiger partial charge in [0.2, 0.25) is 5.91 Å². The third-order valence-corrected chi connectivity index (χ3v) is 4.67. The number of rotatable bonds is 5. The first-order valence-electron chi connectivity index (χ1n) is 6.81. The minimum Gasteiger partial charge on any atom is -0.316 e. The number of carbonyl (C=O) groups excluding carboxylic acids is 1. The van der Waals surface area contributed by atoms with Gasteiger partial charge >= 0.3 is 0 Å². The Labute approximate surface area is 137 Å². The van der Waals surface area contributed by atoms with Gasteiger partial charge in [0, 0.05) is 16.5 Å². The summed E-state index contributed by atoms with van der Waals surface area (Å²) in [6.07, 6.45) is 0. The van der Waals surface area contributed by atoms with Gasteiger partial charge in [-0.3, -0.25) is 4.79 Å². The van der Waals surface area contributed by atoms with E-state index in [2.05, 4.69) is 9.69 Å². The molecule has 3 aromatic rings. The summed E-state index contributed by atoms with van der Waals surface area (Å²) in [4.78, 5) is 13.1. The summed E-state index contributed by atoms with van der Waals surface area (Å²) in [5.74, 6) is 0.375. The van der Waals surface area contributed by atoms with Gasteiger partial charge in [-0.2, -0.15) is 4.37 Å². The zero-order chi connectivity index (χ0) is 15.2. The number of thioether (sulfide) groups is 1. The average molecular weight is 326 g/mol. The third-order valence-electron chi connectivity index (χ3n) is 2.96. The molecule has 3 rings (SSSR count). The first-order valence-corrected chi connectivity index (χ1v) is 8.57. The molecule has 0 atom stereocenters. The molecule has 0 aliphatic heterocycles. The van der Waals surface area contributed by atoms with Crippen molar-refractivity contribution in [1.82, 2.24) is 4.37 Å². The maximum atomic E-state index is 12.0. The van der Waals surface area contributed by atoms with Gasteiger partial charge in [-0.25, -0.2) is 0 Å². The highest BCUT2D eigenvalue weighted by Gasteiger charge is 2.08. The monoisotopic (exact) mass is 326 g/mol. The van der Waals surface area contributed by atoms with Crippen LogP contribution in [0.1, 0.15) is 0 Å². The number of hydrogen-bond donors (Lipinski definition) is 1. The van der Waals surface area contributed by atoms with Crippen LogP contribution in [0.2, 0.25) is 0 Å². The summed E-state index contributed by atoms with van der Waals surface area (Å²) in [7, 11) is 0. The van der Waals surface area contributed by atoms with Gasteiger partial charge in [-0.05, 0) is 23.7 Å². The number of hydrogen-bond acceptors (Lipinski definition) is 4. The third kappa shape index (κ3) is 3.96. The predicted octanol–water partition coefficient (Wildman–Crippen LogP) is 4.54. The summed E-state index contributed by atoms with van der Waals surface area (Å²) in [5.41, 5.74) is 1.94. The zero-order valence-electron chi connectivity index (χ0n) is 11.7. The highest BCUT2D eigenvalue weighted by Crippen LogP contribution is 2.25. The van der Waals surface area contributed by atoms with Crippen molar-refractivity contribution in [2.24, 2.45) is 0 Å². The number of amides is 1. The molecule has 0 bridgehead atoms. The molecule has 5 heteroatoms. The lowest BCUT2D eigenvalue weighted by molar-refractivity contribution is -0.113. The zero-order valence-corrected chi connectivity index (χ0v) is 13.4. The number of anilines is 1. The lowest BCUT2D eigenvalue weighted by Crippen LogP contribution is -2.12. The van der Waals surface area contributed by atoms with E-state index in [0.29, 0.717) is 5.75 Å². The standard InChI is InChI=1S/C17H14N2OS2/c20-16(12-21-14-9-5-2-6-10-14)18-17-11-15(19-22-17)13-7-3-1-4-8-13/h1-11H,12H2,(H,18,20). The van der Waals surface area contributed by atoms with Crippen LogP contribution >= 0.6 is 23.3 Å². The molecule has 0 radical (unpaired) electrons. The fraction of sp³-hybridized carbons (Fsp3) is 0.0588. The van der Waals surface area contributed by atoms with Gasteiger partial charge in [0.1, 0.15) is 5.00 Å². The molecule has 0 fully saturated rings. The maximum Gasteiger partial charge on any atom is 0.235 e. The minimum atomic E-state index is -0.0166. The van der Waals surface area contributed by atoms with Crippen molar-refractivity contribution in [3.05, 3.63) is 66.7 Å². The first-order chi connectivity index (χ1) is 10.8. The molecule has 0 aliphatic rings. The van der Waals surface area contributed by atoms with Crippen LogP contribution in [0.4, 0.5) is 5.00 Å². The van der Waals surface area contributed by atoms with Crippen LogP contribution in [0.3, 0.4) is 0 Å². The van der Waals surface area contributed by atoms with Crippen LogP contribution in [0.15, 0.2) is 71.6 Å². The van der Waals surface area contributed by atoms with Crippen LogP contribution in [-0.2, 0) is 4.79 Å². The summed E-state index contributed by atoms with van der Waals surface area (Å²) in [6.45, 7) is 0. The van der Waals surface area contributed by atoms with E-state index < -0.39 is 0 Å². The minimum absolute atomic E-state index is 0.0166. The number of nitrogens with zero attached hydrogens (tertiary/aromatic N) is 1. The molecule has 1 aromatic heterocycles. The van der Waals surface area contributed by atoms with Crippen molar-refractivity contribution >= 4 is 34.2 Å². The molecule has 3 nitrogen and oxygen atoms in total. The molecule has 1 N–H and O–H groups in total. The molecule has 0 aliphatic carbocycles. The molecular formula is C17H14N2OS2. The topological polar surface area (TPSA) is 42.0 Å². The van der Waals surface area contributed by atoms with Gasteiger partial charge in [-0.1, -0.05) is 48.5 Å². The van der Waals surface area contributed by atoms with E-state index in [9.17, 15) is 4.79 Å². The predicted molar refractivity (Wildman–Crippen MR) is 93.3 cm³/mol. The normalized spacial score (nSPS) is 10.4. The van der Waals surface area contributed by atoms with Crippen molar-refractivity contribution in [3.8, 4) is 11.3 Å². The number of benzene rings is 2. The second-order valence-corrected chi connectivity index (χ2v) is 6.45. The van der Waals surface area contributed by atoms with Crippen molar-refractivity contribution < 1.29 is 4.79 Å². The molecule has 0 spiro atoms.